The Balaban J connectivity index is 1.55. The second-order valence-corrected chi connectivity index (χ2v) is 11.7. The van der Waals surface area contributed by atoms with Crippen LogP contribution in [0.3, 0.4) is 0 Å². The first-order chi connectivity index (χ1) is 17.5. The van der Waals surface area contributed by atoms with Crippen molar-refractivity contribution >= 4 is 15.9 Å². The van der Waals surface area contributed by atoms with Gasteiger partial charge >= 0.3 is 6.09 Å². The third-order valence-electron chi connectivity index (χ3n) is 5.88. The molecule has 0 bridgehead atoms. The van der Waals surface area contributed by atoms with E-state index in [-0.39, 0.29) is 22.2 Å². The number of benzene rings is 3. The van der Waals surface area contributed by atoms with Gasteiger partial charge < -0.3 is 14.2 Å². The minimum atomic E-state index is -3.86. The summed E-state index contributed by atoms with van der Waals surface area (Å²) >= 11 is 0. The Kier molecular flexibility index (Phi) is 7.57. The first-order valence-corrected chi connectivity index (χ1v) is 13.3. The summed E-state index contributed by atoms with van der Waals surface area (Å²) in [5.74, 6) is 0.110. The van der Waals surface area contributed by atoms with Crippen molar-refractivity contribution in [3.05, 3.63) is 89.2 Å². The van der Waals surface area contributed by atoms with E-state index in [4.69, 9.17) is 14.2 Å². The largest absolute Gasteiger partial charge is 0.489 e. The molecule has 3 aromatic rings. The van der Waals surface area contributed by atoms with Gasteiger partial charge in [0, 0.05) is 19.2 Å². The van der Waals surface area contributed by atoms with Gasteiger partial charge in [-0.15, -0.1) is 0 Å². The van der Waals surface area contributed by atoms with Crippen LogP contribution in [0.4, 0.5) is 9.18 Å². The monoisotopic (exact) mass is 527 g/mol. The molecule has 1 aliphatic heterocycles. The lowest BCUT2D eigenvalue weighted by molar-refractivity contribution is -0.0560. The van der Waals surface area contributed by atoms with Crippen molar-refractivity contribution in [1.29, 1.82) is 0 Å². The summed E-state index contributed by atoms with van der Waals surface area (Å²) < 4.78 is 57.0. The van der Waals surface area contributed by atoms with Gasteiger partial charge in [0.15, 0.2) is 6.23 Å². The number of carbonyl (C=O) groups excluding carboxylic acids is 1. The summed E-state index contributed by atoms with van der Waals surface area (Å²) in [6, 6.07) is 17.0. The molecule has 0 spiro atoms. The van der Waals surface area contributed by atoms with Gasteiger partial charge in [0.1, 0.15) is 23.8 Å². The lowest BCUT2D eigenvalue weighted by Crippen LogP contribution is -2.43. The van der Waals surface area contributed by atoms with Crippen molar-refractivity contribution in [1.82, 2.24) is 4.90 Å². The summed E-state index contributed by atoms with van der Waals surface area (Å²) in [6.45, 7) is 5.90. The van der Waals surface area contributed by atoms with Crippen LogP contribution < -0.4 is 4.74 Å². The number of rotatable bonds is 6. The summed E-state index contributed by atoms with van der Waals surface area (Å²) in [5, 5.41) is 0. The number of nitrogens with zero attached hydrogens (tertiary/aromatic N) is 1. The maximum absolute atomic E-state index is 13.4. The molecular formula is C28H30FNO6S. The van der Waals surface area contributed by atoms with Crippen molar-refractivity contribution in [2.75, 3.05) is 13.7 Å². The first kappa shape index (κ1) is 26.6. The van der Waals surface area contributed by atoms with Crippen LogP contribution in [-0.2, 0) is 32.3 Å². The van der Waals surface area contributed by atoms with E-state index in [1.165, 1.54) is 36.3 Å². The Morgan fingerprint density at radius 1 is 1.03 bits per heavy atom. The van der Waals surface area contributed by atoms with Gasteiger partial charge in [0.2, 0.25) is 9.84 Å². The van der Waals surface area contributed by atoms with Crippen LogP contribution in [0, 0.1) is 5.82 Å². The second kappa shape index (κ2) is 10.5. The van der Waals surface area contributed by atoms with Gasteiger partial charge in [-0.3, -0.25) is 4.90 Å². The Morgan fingerprint density at radius 2 is 1.73 bits per heavy atom. The number of fused-ring (bicyclic) bond motifs is 1. The van der Waals surface area contributed by atoms with Crippen molar-refractivity contribution < 1.29 is 31.8 Å². The molecule has 1 atom stereocenters. The molecule has 1 amide bonds. The standard InChI is InChI=1S/C28H30FNO6S/c1-28(2,3)36-27(31)30-15-14-20-8-11-24(17-25(20)26(30)34-4)37(32,33)23-12-9-22(10-13-23)35-18-19-6-5-7-21(29)16-19/h5-13,16-17,26H,14-15,18H2,1-4H3. The smallest absolute Gasteiger partial charge is 0.412 e. The number of hydrogen-bond donors (Lipinski definition) is 0. The Hall–Kier alpha value is -3.43. The highest BCUT2D eigenvalue weighted by Gasteiger charge is 2.35. The summed E-state index contributed by atoms with van der Waals surface area (Å²) in [6.07, 6.45) is -0.744. The molecule has 9 heteroatoms. The molecular weight excluding hydrogens is 497 g/mol. The van der Waals surface area contributed by atoms with E-state index in [0.717, 1.165) is 5.56 Å². The van der Waals surface area contributed by atoms with Crippen LogP contribution in [0.15, 0.2) is 76.5 Å². The minimum Gasteiger partial charge on any atom is -0.489 e. The van der Waals surface area contributed by atoms with Crippen molar-refractivity contribution in [3.8, 4) is 5.75 Å². The zero-order valence-corrected chi connectivity index (χ0v) is 22.0. The lowest BCUT2D eigenvalue weighted by atomic mass is 9.98. The number of ether oxygens (including phenoxy) is 3. The van der Waals surface area contributed by atoms with Crippen LogP contribution in [0.2, 0.25) is 0 Å². The molecule has 0 saturated carbocycles. The fraction of sp³-hybridized carbons (Fsp3) is 0.321. The van der Waals surface area contributed by atoms with E-state index in [9.17, 15) is 17.6 Å². The molecule has 196 valence electrons. The molecule has 0 N–H and O–H groups in total. The van der Waals surface area contributed by atoms with E-state index in [0.29, 0.717) is 29.8 Å². The van der Waals surface area contributed by atoms with Crippen LogP contribution >= 0.6 is 0 Å². The van der Waals surface area contributed by atoms with Gasteiger partial charge in [-0.25, -0.2) is 17.6 Å². The van der Waals surface area contributed by atoms with Gasteiger partial charge in [-0.1, -0.05) is 18.2 Å². The molecule has 3 aromatic carbocycles. The minimum absolute atomic E-state index is 0.0905. The molecule has 0 fully saturated rings. The number of carbonyl (C=O) groups is 1. The number of methoxy groups -OCH3 is 1. The van der Waals surface area contributed by atoms with Gasteiger partial charge in [0.25, 0.3) is 0 Å². The molecule has 1 heterocycles. The first-order valence-electron chi connectivity index (χ1n) is 11.9. The van der Waals surface area contributed by atoms with E-state index >= 15 is 0 Å². The highest BCUT2D eigenvalue weighted by molar-refractivity contribution is 7.91. The summed E-state index contributed by atoms with van der Waals surface area (Å²) in [5.41, 5.74) is 1.51. The quantitative estimate of drug-likeness (QED) is 0.411. The Morgan fingerprint density at radius 3 is 2.38 bits per heavy atom. The molecule has 1 aliphatic rings. The zero-order valence-electron chi connectivity index (χ0n) is 21.2. The topological polar surface area (TPSA) is 82.1 Å². The molecule has 0 saturated heterocycles. The summed E-state index contributed by atoms with van der Waals surface area (Å²) in [4.78, 5) is 14.4. The fourth-order valence-corrected chi connectivity index (χ4v) is 5.43. The number of hydrogen-bond acceptors (Lipinski definition) is 6. The number of amides is 1. The lowest BCUT2D eigenvalue weighted by Gasteiger charge is -2.37. The number of sulfone groups is 1. The van der Waals surface area contributed by atoms with Gasteiger partial charge in [0.05, 0.1) is 9.79 Å². The predicted octanol–water partition coefficient (Wildman–Crippen LogP) is 5.68. The van der Waals surface area contributed by atoms with Crippen LogP contribution in [0.25, 0.3) is 0 Å². The fourth-order valence-electron chi connectivity index (χ4n) is 4.13. The Bertz CT molecular complexity index is 1380. The highest BCUT2D eigenvalue weighted by atomic mass is 32.2. The maximum atomic E-state index is 13.4. The third-order valence-corrected chi connectivity index (χ3v) is 7.65. The van der Waals surface area contributed by atoms with Crippen molar-refractivity contribution in [3.63, 3.8) is 0 Å². The molecule has 4 rings (SSSR count). The van der Waals surface area contributed by atoms with Crippen molar-refractivity contribution in [2.45, 2.75) is 55.4 Å². The normalized spacial score (nSPS) is 15.7. The van der Waals surface area contributed by atoms with E-state index < -0.39 is 27.8 Å². The molecule has 0 radical (unpaired) electrons. The average molecular weight is 528 g/mol. The molecule has 7 nitrogen and oxygen atoms in total. The van der Waals surface area contributed by atoms with E-state index in [2.05, 4.69) is 0 Å². The molecule has 37 heavy (non-hydrogen) atoms. The molecule has 0 aromatic heterocycles. The van der Waals surface area contributed by atoms with E-state index in [1.54, 1.807) is 63.2 Å². The summed E-state index contributed by atoms with van der Waals surface area (Å²) in [7, 11) is -2.38. The molecule has 1 unspecified atom stereocenters. The number of halogens is 1. The van der Waals surface area contributed by atoms with Crippen LogP contribution in [0.5, 0.6) is 5.75 Å². The van der Waals surface area contributed by atoms with Crippen LogP contribution in [-0.4, -0.2) is 38.7 Å². The van der Waals surface area contributed by atoms with Gasteiger partial charge in [-0.05, 0) is 86.8 Å². The van der Waals surface area contributed by atoms with Gasteiger partial charge in [-0.2, -0.15) is 0 Å². The second-order valence-electron chi connectivity index (χ2n) is 9.77. The van der Waals surface area contributed by atoms with Crippen molar-refractivity contribution in [2.24, 2.45) is 0 Å². The maximum Gasteiger partial charge on any atom is 0.412 e. The average Bonchev–Trinajstić information content (AvgIpc) is 2.85. The van der Waals surface area contributed by atoms with Crippen LogP contribution in [0.1, 0.15) is 43.7 Å². The Labute approximate surface area is 216 Å². The predicted molar refractivity (Wildman–Crippen MR) is 135 cm³/mol. The third kappa shape index (κ3) is 6.11. The molecule has 0 aliphatic carbocycles. The highest BCUT2D eigenvalue weighted by Crippen LogP contribution is 2.34. The van der Waals surface area contributed by atoms with E-state index in [1.807, 2.05) is 0 Å². The zero-order chi connectivity index (χ0) is 26.8. The SMILES string of the molecule is COC1c2cc(S(=O)(=O)c3ccc(OCc4cccc(F)c4)cc3)ccc2CCN1C(=O)OC(C)(C)C.